The molecule has 0 spiro atoms. The first-order valence-corrected chi connectivity index (χ1v) is 8.62. The Balaban J connectivity index is -0.00000161. The van der Waals surface area contributed by atoms with Crippen LogP contribution in [0.2, 0.25) is 0 Å². The molecular formula is C21H37NOSeSn. The molecule has 0 heterocycles. The molecule has 2 radical (unpaired) electrons. The van der Waals surface area contributed by atoms with Crippen molar-refractivity contribution in [1.82, 2.24) is 0 Å². The molecule has 0 aliphatic rings. The minimum absolute atomic E-state index is 0. The van der Waals surface area contributed by atoms with Crippen molar-refractivity contribution in [2.45, 2.75) is 93.4 Å². The van der Waals surface area contributed by atoms with E-state index in [1.807, 2.05) is 0 Å². The number of benzene rings is 1. The van der Waals surface area contributed by atoms with Gasteiger partial charge in [-0.15, -0.1) is 0 Å². The molecular weight excluding hydrogens is 480 g/mol. The van der Waals surface area contributed by atoms with Gasteiger partial charge < -0.3 is 0 Å². The summed E-state index contributed by atoms with van der Waals surface area (Å²) in [5.74, 6) is 0. The predicted octanol–water partition coefficient (Wildman–Crippen LogP) is 5.88. The fourth-order valence-electron chi connectivity index (χ4n) is 2.53. The van der Waals surface area contributed by atoms with Crippen LogP contribution in [0.5, 0.6) is 0 Å². The van der Waals surface area contributed by atoms with Gasteiger partial charge in [-0.2, -0.15) is 0 Å². The smallest absolute Gasteiger partial charge is 2.00 e. The molecule has 0 aliphatic carbocycles. The Bertz CT molecular complexity index is 552. The average molecular weight is 517 g/mol. The van der Waals surface area contributed by atoms with Crippen LogP contribution in [0, 0.1) is 5.21 Å². The Morgan fingerprint density at radius 1 is 0.800 bits per heavy atom. The third-order valence-electron chi connectivity index (χ3n) is 3.92. The van der Waals surface area contributed by atoms with E-state index in [2.05, 4.69) is 95.6 Å². The molecule has 0 unspecified atom stereocenters. The van der Waals surface area contributed by atoms with Crippen molar-refractivity contribution in [3.63, 3.8) is 0 Å². The van der Waals surface area contributed by atoms with Crippen LogP contribution in [0.3, 0.4) is 0 Å². The molecule has 0 saturated carbocycles. The quantitative estimate of drug-likeness (QED) is 0.260. The van der Waals surface area contributed by atoms with Crippen molar-refractivity contribution in [2.24, 2.45) is 5.16 Å². The first kappa shape index (κ1) is 29.8. The molecule has 142 valence electrons. The molecule has 0 N–H and O–H groups in total. The Morgan fingerprint density at radius 3 is 1.32 bits per heavy atom. The zero-order valence-corrected chi connectivity index (χ0v) is 20.5. The molecule has 0 aliphatic heterocycles. The van der Waals surface area contributed by atoms with Crippen LogP contribution in [0.25, 0.3) is 0 Å². The van der Waals surface area contributed by atoms with Gasteiger partial charge in [0.15, 0.2) is 0 Å². The second kappa shape index (κ2) is 9.80. The average Bonchev–Trinajstić information content (AvgIpc) is 2.33. The summed E-state index contributed by atoms with van der Waals surface area (Å²) in [4.78, 5) is 0. The largest absolute Gasteiger partial charge is 2.00 e. The number of hydrogen-bond acceptors (Lipinski definition) is 2. The fourth-order valence-corrected chi connectivity index (χ4v) is 3.00. The Hall–Kier alpha value is 0.00818. The monoisotopic (exact) mass is 519 g/mol. The summed E-state index contributed by atoms with van der Waals surface area (Å²) in [6.45, 7) is 19.8. The maximum Gasteiger partial charge on any atom is 2.00 e. The van der Waals surface area contributed by atoms with Crippen LogP contribution in [-0.4, -0.2) is 44.5 Å². The molecule has 1 aromatic rings. The molecule has 2 nitrogen and oxygen atoms in total. The zero-order valence-electron chi connectivity index (χ0n) is 15.9. The van der Waals surface area contributed by atoms with Gasteiger partial charge in [-0.05, 0) is 0 Å². The molecule has 1 aromatic carbocycles. The van der Waals surface area contributed by atoms with Crippen LogP contribution in [0.15, 0.2) is 17.3 Å². The van der Waals surface area contributed by atoms with E-state index in [4.69, 9.17) is 0 Å². The second-order valence-electron chi connectivity index (χ2n) is 9.09. The van der Waals surface area contributed by atoms with Gasteiger partial charge in [0.1, 0.15) is 0 Å². The Morgan fingerprint density at radius 2 is 1.12 bits per heavy atom. The molecule has 4 heteroatoms. The first-order valence-electron chi connectivity index (χ1n) is 7.77. The van der Waals surface area contributed by atoms with Gasteiger partial charge in [0.2, 0.25) is 0 Å². The van der Waals surface area contributed by atoms with Gasteiger partial charge >= 0.3 is 168 Å². The van der Waals surface area contributed by atoms with Gasteiger partial charge in [-0.25, -0.2) is 0 Å². The number of hydrogen-bond donors (Lipinski definition) is 0. The van der Waals surface area contributed by atoms with Gasteiger partial charge in [-0.1, -0.05) is 14.9 Å². The van der Waals surface area contributed by atoms with Crippen LogP contribution in [0.1, 0.15) is 99.4 Å². The Kier molecular flexibility index (Phi) is 11.7. The van der Waals surface area contributed by atoms with Crippen molar-refractivity contribution >= 4 is 44.5 Å². The zero-order chi connectivity index (χ0) is 17.5. The molecule has 25 heavy (non-hydrogen) atoms. The molecule has 1 rings (SSSR count). The summed E-state index contributed by atoms with van der Waals surface area (Å²) >= 11 is 2.86. The predicted molar refractivity (Wildman–Crippen MR) is 117 cm³/mol. The first-order chi connectivity index (χ1) is 9.69. The normalized spacial score (nSPS) is 12.6. The SMILES string of the molecule is C.C.CC(C)(C)c1cc(C(C)(C)C)c(C([Se-])=N[O-])c(C(C)(C)C)c1.[Sn+2]. The molecule has 0 fully saturated rings. The summed E-state index contributed by atoms with van der Waals surface area (Å²) < 4.78 is 0.454. The van der Waals surface area contributed by atoms with Gasteiger partial charge in [0, 0.05) is 0 Å². The van der Waals surface area contributed by atoms with Crippen molar-refractivity contribution < 1.29 is 0 Å². The van der Waals surface area contributed by atoms with Crippen molar-refractivity contribution in [2.75, 3.05) is 0 Å². The third-order valence-corrected chi connectivity index (χ3v) is 4.50. The number of nitrogens with zero attached hydrogens (tertiary/aromatic N) is 1. The van der Waals surface area contributed by atoms with Crippen molar-refractivity contribution in [3.05, 3.63) is 39.6 Å². The van der Waals surface area contributed by atoms with Crippen LogP contribution in [0.4, 0.5) is 0 Å². The van der Waals surface area contributed by atoms with E-state index in [9.17, 15) is 5.21 Å². The van der Waals surface area contributed by atoms with Crippen LogP contribution < -0.4 is 0 Å². The van der Waals surface area contributed by atoms with Gasteiger partial charge in [0.05, 0.1) is 0 Å². The molecule has 0 amide bonds. The van der Waals surface area contributed by atoms with Crippen molar-refractivity contribution in [3.8, 4) is 0 Å². The molecule has 0 aromatic heterocycles. The minimum Gasteiger partial charge on any atom is 2.00 e. The summed E-state index contributed by atoms with van der Waals surface area (Å²) in [6.07, 6.45) is 0. The van der Waals surface area contributed by atoms with E-state index < -0.39 is 0 Å². The van der Waals surface area contributed by atoms with E-state index in [-0.39, 0.29) is 55.0 Å². The summed E-state index contributed by atoms with van der Waals surface area (Å²) in [5, 5.41) is 14.4. The van der Waals surface area contributed by atoms with E-state index in [1.165, 1.54) is 16.7 Å². The third kappa shape index (κ3) is 7.26. The summed E-state index contributed by atoms with van der Waals surface area (Å²) in [7, 11) is 0. The van der Waals surface area contributed by atoms with Gasteiger partial charge in [0.25, 0.3) is 0 Å². The topological polar surface area (TPSA) is 35.4 Å². The summed E-state index contributed by atoms with van der Waals surface area (Å²) in [5.41, 5.74) is 4.57. The van der Waals surface area contributed by atoms with Crippen LogP contribution in [-0.2, 0) is 16.2 Å². The minimum atomic E-state index is -0.0591. The fraction of sp³-hybridized carbons (Fsp3) is 0.667. The van der Waals surface area contributed by atoms with Gasteiger partial charge in [-0.3, -0.25) is 0 Å². The van der Waals surface area contributed by atoms with E-state index in [1.54, 1.807) is 0 Å². The van der Waals surface area contributed by atoms with E-state index in [0.717, 1.165) is 5.56 Å². The summed E-state index contributed by atoms with van der Waals surface area (Å²) in [6, 6.07) is 4.49. The molecule has 0 atom stereocenters. The van der Waals surface area contributed by atoms with Crippen molar-refractivity contribution in [1.29, 1.82) is 0 Å². The number of rotatable bonds is 1. The standard InChI is InChI=1S/C19H31NOSe.2CH4.Sn/c1-17(2,3)12-10-13(18(4,5)6)15(16(22)20-21)14(11-12)19(7,8)9;;;/h10-11,21H,1-9H3,(H,20,22);2*1H4;/q;;;+2/p-2. The van der Waals surface area contributed by atoms with E-state index in [0.29, 0.717) is 4.61 Å². The van der Waals surface area contributed by atoms with Crippen LogP contribution >= 0.6 is 0 Å². The Labute approximate surface area is 182 Å². The maximum atomic E-state index is 11.2. The maximum absolute atomic E-state index is 11.2. The van der Waals surface area contributed by atoms with E-state index >= 15 is 0 Å². The second-order valence-corrected chi connectivity index (χ2v) is 9.90. The molecule has 0 saturated heterocycles. The molecule has 0 bridgehead atoms.